The molecular formula is C17H19Cl2N5O. The second kappa shape index (κ2) is 7.99. The molecule has 8 heteroatoms. The zero-order chi connectivity index (χ0) is 17.8. The molecular weight excluding hydrogens is 361 g/mol. The van der Waals surface area contributed by atoms with Crippen LogP contribution in [-0.2, 0) is 0 Å². The topological polar surface area (TPSA) is 61.4 Å². The predicted octanol–water partition coefficient (Wildman–Crippen LogP) is 3.30. The first kappa shape index (κ1) is 17.9. The van der Waals surface area contributed by atoms with Gasteiger partial charge in [0.1, 0.15) is 11.5 Å². The summed E-state index contributed by atoms with van der Waals surface area (Å²) < 4.78 is 0. The van der Waals surface area contributed by atoms with Gasteiger partial charge in [0.2, 0.25) is 0 Å². The number of rotatable bonds is 4. The van der Waals surface area contributed by atoms with Gasteiger partial charge in [0.25, 0.3) is 5.91 Å². The lowest BCUT2D eigenvalue weighted by Crippen LogP contribution is -2.48. The molecule has 0 saturated carbocycles. The molecule has 1 aromatic carbocycles. The number of aromatic nitrogens is 2. The highest BCUT2D eigenvalue weighted by atomic mass is 35.5. The lowest BCUT2D eigenvalue weighted by atomic mass is 10.3. The quantitative estimate of drug-likeness (QED) is 0.882. The zero-order valence-electron chi connectivity index (χ0n) is 13.9. The van der Waals surface area contributed by atoms with Crippen LogP contribution in [-0.4, -0.2) is 58.4 Å². The Morgan fingerprint density at radius 2 is 1.76 bits per heavy atom. The fourth-order valence-electron chi connectivity index (χ4n) is 2.71. The molecule has 25 heavy (non-hydrogen) atoms. The number of halogens is 2. The molecule has 2 aromatic rings. The number of nitrogens with zero attached hydrogens (tertiary/aromatic N) is 4. The largest absolute Gasteiger partial charge is 0.339 e. The molecule has 6 nitrogen and oxygen atoms in total. The van der Waals surface area contributed by atoms with Gasteiger partial charge in [0, 0.05) is 41.9 Å². The van der Waals surface area contributed by atoms with Crippen LogP contribution in [0.25, 0.3) is 0 Å². The Morgan fingerprint density at radius 1 is 1.08 bits per heavy atom. The van der Waals surface area contributed by atoms with Crippen LogP contribution in [0, 0.1) is 0 Å². The van der Waals surface area contributed by atoms with Gasteiger partial charge in [0.15, 0.2) is 0 Å². The summed E-state index contributed by atoms with van der Waals surface area (Å²) >= 11 is 12.0. The van der Waals surface area contributed by atoms with Gasteiger partial charge < -0.3 is 15.1 Å². The number of nitrogens with one attached hydrogen (secondary N) is 1. The van der Waals surface area contributed by atoms with Crippen molar-refractivity contribution in [2.24, 2.45) is 0 Å². The summed E-state index contributed by atoms with van der Waals surface area (Å²) in [6, 6.07) is 5.13. The van der Waals surface area contributed by atoms with Crippen molar-refractivity contribution >= 4 is 40.6 Å². The summed E-state index contributed by atoms with van der Waals surface area (Å²) in [5.41, 5.74) is 1.06. The molecule has 3 rings (SSSR count). The van der Waals surface area contributed by atoms with Crippen molar-refractivity contribution in [1.29, 1.82) is 0 Å². The SMILES string of the molecule is CCN1CCN(C(=O)c2cnc(Nc3cc(Cl)cc(Cl)c3)cn2)CC1. The summed E-state index contributed by atoms with van der Waals surface area (Å²) in [5, 5.41) is 4.13. The third-order valence-electron chi connectivity index (χ3n) is 4.11. The highest BCUT2D eigenvalue weighted by Gasteiger charge is 2.22. The molecule has 1 N–H and O–H groups in total. The maximum atomic E-state index is 12.5. The van der Waals surface area contributed by atoms with E-state index in [1.807, 2.05) is 4.90 Å². The van der Waals surface area contributed by atoms with Crippen LogP contribution in [0.2, 0.25) is 10.0 Å². The van der Waals surface area contributed by atoms with E-state index in [0.717, 1.165) is 32.7 Å². The number of benzene rings is 1. The number of carbonyl (C=O) groups excluding carboxylic acids is 1. The van der Waals surface area contributed by atoms with E-state index in [4.69, 9.17) is 23.2 Å². The second-order valence-corrected chi connectivity index (χ2v) is 6.67. The third kappa shape index (κ3) is 4.60. The van der Waals surface area contributed by atoms with Crippen LogP contribution in [0.1, 0.15) is 17.4 Å². The van der Waals surface area contributed by atoms with E-state index in [-0.39, 0.29) is 5.91 Å². The Kier molecular flexibility index (Phi) is 5.73. The molecule has 0 atom stereocenters. The minimum atomic E-state index is -0.0828. The van der Waals surface area contributed by atoms with Crippen molar-refractivity contribution in [2.45, 2.75) is 6.92 Å². The Balaban J connectivity index is 1.64. The van der Waals surface area contributed by atoms with E-state index in [0.29, 0.717) is 27.2 Å². The van der Waals surface area contributed by atoms with Crippen molar-refractivity contribution < 1.29 is 4.79 Å². The molecule has 0 bridgehead atoms. The average molecular weight is 380 g/mol. The number of hydrogen-bond donors (Lipinski definition) is 1. The Morgan fingerprint density at radius 3 is 2.32 bits per heavy atom. The lowest BCUT2D eigenvalue weighted by molar-refractivity contribution is 0.0637. The van der Waals surface area contributed by atoms with E-state index >= 15 is 0 Å². The molecule has 132 valence electrons. The van der Waals surface area contributed by atoms with Gasteiger partial charge in [0.05, 0.1) is 12.4 Å². The van der Waals surface area contributed by atoms with Crippen LogP contribution >= 0.6 is 23.2 Å². The number of likely N-dealkylation sites (N-methyl/N-ethyl adjacent to an activating group) is 1. The monoisotopic (exact) mass is 379 g/mol. The van der Waals surface area contributed by atoms with E-state index in [2.05, 4.69) is 27.1 Å². The first-order chi connectivity index (χ1) is 12.0. The molecule has 1 aliphatic heterocycles. The van der Waals surface area contributed by atoms with E-state index < -0.39 is 0 Å². The molecule has 0 aliphatic carbocycles. The van der Waals surface area contributed by atoms with Crippen molar-refractivity contribution in [1.82, 2.24) is 19.8 Å². The number of hydrogen-bond acceptors (Lipinski definition) is 5. The molecule has 0 spiro atoms. The van der Waals surface area contributed by atoms with Crippen LogP contribution in [0.4, 0.5) is 11.5 Å². The highest BCUT2D eigenvalue weighted by Crippen LogP contribution is 2.24. The van der Waals surface area contributed by atoms with Crippen molar-refractivity contribution in [3.8, 4) is 0 Å². The molecule has 1 saturated heterocycles. The fraction of sp³-hybridized carbons (Fsp3) is 0.353. The van der Waals surface area contributed by atoms with Crippen LogP contribution in [0.3, 0.4) is 0 Å². The molecule has 1 aliphatic rings. The summed E-state index contributed by atoms with van der Waals surface area (Å²) in [4.78, 5) is 25.1. The first-order valence-electron chi connectivity index (χ1n) is 8.12. The predicted molar refractivity (Wildman–Crippen MR) is 99.8 cm³/mol. The van der Waals surface area contributed by atoms with Crippen molar-refractivity contribution in [3.63, 3.8) is 0 Å². The summed E-state index contributed by atoms with van der Waals surface area (Å²) in [6.45, 7) is 6.36. The highest BCUT2D eigenvalue weighted by molar-refractivity contribution is 6.35. The maximum Gasteiger partial charge on any atom is 0.274 e. The lowest BCUT2D eigenvalue weighted by Gasteiger charge is -2.33. The number of anilines is 2. The normalized spacial score (nSPS) is 15.2. The average Bonchev–Trinajstić information content (AvgIpc) is 2.61. The summed E-state index contributed by atoms with van der Waals surface area (Å²) in [7, 11) is 0. The zero-order valence-corrected chi connectivity index (χ0v) is 15.4. The molecule has 1 aromatic heterocycles. The number of carbonyl (C=O) groups is 1. The Bertz CT molecular complexity index is 725. The van der Waals surface area contributed by atoms with E-state index in [1.54, 1.807) is 18.2 Å². The van der Waals surface area contributed by atoms with E-state index in [1.165, 1.54) is 12.4 Å². The summed E-state index contributed by atoms with van der Waals surface area (Å²) in [6.07, 6.45) is 3.02. The minimum Gasteiger partial charge on any atom is -0.339 e. The molecule has 0 unspecified atom stereocenters. The van der Waals surface area contributed by atoms with Gasteiger partial charge in [-0.1, -0.05) is 30.1 Å². The van der Waals surface area contributed by atoms with Gasteiger partial charge in [-0.2, -0.15) is 0 Å². The first-order valence-corrected chi connectivity index (χ1v) is 8.87. The standard InChI is InChI=1S/C17H19Cl2N5O/c1-2-23-3-5-24(6-4-23)17(25)15-10-21-16(11-20-15)22-14-8-12(18)7-13(19)9-14/h7-11H,2-6H2,1H3,(H,21,22). The molecule has 2 heterocycles. The van der Waals surface area contributed by atoms with Crippen LogP contribution in [0.15, 0.2) is 30.6 Å². The molecule has 1 amide bonds. The van der Waals surface area contributed by atoms with Crippen LogP contribution in [0.5, 0.6) is 0 Å². The van der Waals surface area contributed by atoms with Crippen LogP contribution < -0.4 is 5.32 Å². The number of amides is 1. The van der Waals surface area contributed by atoms with Gasteiger partial charge in [-0.15, -0.1) is 0 Å². The smallest absolute Gasteiger partial charge is 0.274 e. The van der Waals surface area contributed by atoms with E-state index in [9.17, 15) is 4.79 Å². The third-order valence-corrected chi connectivity index (χ3v) is 4.55. The second-order valence-electron chi connectivity index (χ2n) is 5.80. The molecule has 0 radical (unpaired) electrons. The van der Waals surface area contributed by atoms with Crippen molar-refractivity contribution in [3.05, 3.63) is 46.3 Å². The van der Waals surface area contributed by atoms with Crippen molar-refractivity contribution in [2.75, 3.05) is 38.0 Å². The Hall–Kier alpha value is -1.89. The molecule has 1 fully saturated rings. The van der Waals surface area contributed by atoms with Gasteiger partial charge in [-0.05, 0) is 24.7 Å². The fourth-order valence-corrected chi connectivity index (χ4v) is 3.23. The van der Waals surface area contributed by atoms with Gasteiger partial charge >= 0.3 is 0 Å². The minimum absolute atomic E-state index is 0.0828. The summed E-state index contributed by atoms with van der Waals surface area (Å²) in [5.74, 6) is 0.436. The van der Waals surface area contributed by atoms with Gasteiger partial charge in [-0.25, -0.2) is 9.97 Å². The maximum absolute atomic E-state index is 12.5. The number of piperazine rings is 1. The van der Waals surface area contributed by atoms with Gasteiger partial charge in [-0.3, -0.25) is 4.79 Å². The Labute approximate surface area is 156 Å².